The van der Waals surface area contributed by atoms with Gasteiger partial charge < -0.3 is 0 Å². The van der Waals surface area contributed by atoms with Gasteiger partial charge in [0.1, 0.15) is 0 Å². The van der Waals surface area contributed by atoms with Crippen LogP contribution in [0, 0.1) is 0 Å². The van der Waals surface area contributed by atoms with Crippen LogP contribution in [0.25, 0.3) is 0 Å². The molecule has 4 heteroatoms. The van der Waals surface area contributed by atoms with E-state index in [2.05, 4.69) is 38.8 Å². The quantitative estimate of drug-likeness (QED) is 0.491. The number of Topliss-reactive ketones (excluding diaryl/α,β-unsaturated/α-hetero) is 2. The maximum atomic E-state index is 12.1. The first-order valence-electron chi connectivity index (χ1n) is 6.35. The van der Waals surface area contributed by atoms with Gasteiger partial charge in [-0.2, -0.15) is 0 Å². The van der Waals surface area contributed by atoms with Crippen LogP contribution >= 0.6 is 31.9 Å². The zero-order chi connectivity index (χ0) is 13.7. The number of ketones is 2. The molecule has 1 aliphatic rings. The molecule has 0 saturated heterocycles. The normalized spacial score (nSPS) is 16.9. The SMILES string of the molecule is CCCCCCCC1=C(Br)C(=O)C(C)=C(Br)C1=O. The van der Waals surface area contributed by atoms with Crippen molar-refractivity contribution in [2.24, 2.45) is 0 Å². The number of hydrogen-bond donors (Lipinski definition) is 0. The molecular formula is C14H18Br2O2. The molecule has 0 aromatic rings. The summed E-state index contributed by atoms with van der Waals surface area (Å²) >= 11 is 6.48. The van der Waals surface area contributed by atoms with E-state index in [-0.39, 0.29) is 11.6 Å². The first-order chi connectivity index (χ1) is 8.50. The Labute approximate surface area is 125 Å². The second-order valence-corrected chi connectivity index (χ2v) is 6.14. The van der Waals surface area contributed by atoms with Gasteiger partial charge in [0, 0.05) is 11.1 Å². The number of rotatable bonds is 6. The molecule has 0 aliphatic heterocycles. The Bertz CT molecular complexity index is 420. The second kappa shape index (κ2) is 7.39. The molecule has 0 radical (unpaired) electrons. The number of unbranched alkanes of at least 4 members (excludes halogenated alkanes) is 4. The summed E-state index contributed by atoms with van der Waals surface area (Å²) in [6.07, 6.45) is 6.38. The number of allylic oxidation sites excluding steroid dienone is 4. The zero-order valence-electron chi connectivity index (χ0n) is 10.8. The van der Waals surface area contributed by atoms with Crippen LogP contribution < -0.4 is 0 Å². The Balaban J connectivity index is 2.65. The number of carbonyl (C=O) groups excluding carboxylic acids is 2. The highest BCUT2D eigenvalue weighted by Crippen LogP contribution is 2.33. The van der Waals surface area contributed by atoms with Crippen LogP contribution in [0.2, 0.25) is 0 Å². The second-order valence-electron chi connectivity index (χ2n) is 4.55. The standard InChI is InChI=1S/C14H18Br2O2/c1-3-4-5-6-7-8-10-12(16)13(17)9(2)11(15)14(10)18/h3-8H2,1-2H3. The van der Waals surface area contributed by atoms with Crippen molar-refractivity contribution < 1.29 is 9.59 Å². The van der Waals surface area contributed by atoms with Gasteiger partial charge in [0.05, 0.1) is 8.96 Å². The Morgan fingerprint density at radius 2 is 1.50 bits per heavy atom. The molecule has 100 valence electrons. The van der Waals surface area contributed by atoms with E-state index in [4.69, 9.17) is 0 Å². The van der Waals surface area contributed by atoms with Gasteiger partial charge in [-0.15, -0.1) is 0 Å². The van der Waals surface area contributed by atoms with Crippen molar-refractivity contribution in [1.29, 1.82) is 0 Å². The smallest absolute Gasteiger partial charge is 0.197 e. The lowest BCUT2D eigenvalue weighted by atomic mass is 9.94. The summed E-state index contributed by atoms with van der Waals surface area (Å²) in [5.41, 5.74) is 1.11. The molecule has 18 heavy (non-hydrogen) atoms. The molecule has 1 rings (SSSR count). The number of halogens is 2. The van der Waals surface area contributed by atoms with Gasteiger partial charge >= 0.3 is 0 Å². The lowest BCUT2D eigenvalue weighted by Gasteiger charge is -2.16. The van der Waals surface area contributed by atoms with Gasteiger partial charge in [-0.25, -0.2) is 0 Å². The van der Waals surface area contributed by atoms with E-state index in [1.54, 1.807) is 6.92 Å². The van der Waals surface area contributed by atoms with Gasteiger partial charge in [-0.1, -0.05) is 32.6 Å². The van der Waals surface area contributed by atoms with Gasteiger partial charge in [0.2, 0.25) is 0 Å². The topological polar surface area (TPSA) is 34.1 Å². The maximum Gasteiger partial charge on any atom is 0.197 e. The van der Waals surface area contributed by atoms with E-state index in [0.29, 0.717) is 26.5 Å². The third-order valence-corrected chi connectivity index (χ3v) is 4.93. The highest BCUT2D eigenvalue weighted by atomic mass is 79.9. The average molecular weight is 378 g/mol. The molecule has 0 aromatic heterocycles. The van der Waals surface area contributed by atoms with Gasteiger partial charge in [0.25, 0.3) is 0 Å². The van der Waals surface area contributed by atoms with Crippen LogP contribution in [0.5, 0.6) is 0 Å². The van der Waals surface area contributed by atoms with E-state index in [1.807, 2.05) is 0 Å². The summed E-state index contributed by atoms with van der Waals surface area (Å²) in [7, 11) is 0. The number of hydrogen-bond acceptors (Lipinski definition) is 2. The van der Waals surface area contributed by atoms with E-state index in [9.17, 15) is 9.59 Å². The minimum Gasteiger partial charge on any atom is -0.288 e. The summed E-state index contributed by atoms with van der Waals surface area (Å²) in [6, 6.07) is 0. The molecule has 0 N–H and O–H groups in total. The van der Waals surface area contributed by atoms with Crippen LogP contribution in [-0.2, 0) is 9.59 Å². The first kappa shape index (κ1) is 15.8. The predicted octanol–water partition coefficient (Wildman–Crippen LogP) is 4.82. The molecule has 0 unspecified atom stereocenters. The third kappa shape index (κ3) is 3.64. The van der Waals surface area contributed by atoms with Crippen molar-refractivity contribution in [3.8, 4) is 0 Å². The van der Waals surface area contributed by atoms with Crippen LogP contribution in [0.1, 0.15) is 52.4 Å². The van der Waals surface area contributed by atoms with Crippen molar-refractivity contribution in [2.45, 2.75) is 52.4 Å². The molecule has 0 bridgehead atoms. The molecule has 0 amide bonds. The highest BCUT2D eigenvalue weighted by molar-refractivity contribution is 9.12. The van der Waals surface area contributed by atoms with E-state index in [0.717, 1.165) is 12.8 Å². The predicted molar refractivity (Wildman–Crippen MR) is 81.0 cm³/mol. The minimum absolute atomic E-state index is 0.0468. The van der Waals surface area contributed by atoms with Crippen molar-refractivity contribution in [3.63, 3.8) is 0 Å². The molecule has 0 atom stereocenters. The molecule has 0 aromatic carbocycles. The van der Waals surface area contributed by atoms with Gasteiger partial charge in [-0.05, 0) is 51.6 Å². The highest BCUT2D eigenvalue weighted by Gasteiger charge is 2.29. The minimum atomic E-state index is -0.0787. The van der Waals surface area contributed by atoms with Crippen molar-refractivity contribution in [3.05, 3.63) is 20.1 Å². The Hall–Kier alpha value is -0.220. The largest absolute Gasteiger partial charge is 0.288 e. The molecule has 1 aliphatic carbocycles. The fraction of sp³-hybridized carbons (Fsp3) is 0.571. The third-order valence-electron chi connectivity index (χ3n) is 3.14. The van der Waals surface area contributed by atoms with Crippen molar-refractivity contribution in [2.75, 3.05) is 0 Å². The summed E-state index contributed by atoms with van der Waals surface area (Å²) in [5.74, 6) is -0.125. The summed E-state index contributed by atoms with van der Waals surface area (Å²) in [6.45, 7) is 3.84. The Kier molecular flexibility index (Phi) is 6.50. The van der Waals surface area contributed by atoms with Crippen molar-refractivity contribution in [1.82, 2.24) is 0 Å². The summed E-state index contributed by atoms with van der Waals surface area (Å²) in [5, 5.41) is 0. The van der Waals surface area contributed by atoms with Crippen molar-refractivity contribution >= 4 is 43.4 Å². The number of carbonyl (C=O) groups is 2. The first-order valence-corrected chi connectivity index (χ1v) is 7.93. The van der Waals surface area contributed by atoms with Crippen LogP contribution in [0.15, 0.2) is 20.1 Å². The van der Waals surface area contributed by atoms with E-state index in [1.165, 1.54) is 19.3 Å². The molecule has 0 saturated carbocycles. The molecular weight excluding hydrogens is 360 g/mol. The molecule has 0 heterocycles. The van der Waals surface area contributed by atoms with Crippen LogP contribution in [-0.4, -0.2) is 11.6 Å². The Morgan fingerprint density at radius 1 is 0.889 bits per heavy atom. The summed E-state index contributed by atoms with van der Waals surface area (Å²) in [4.78, 5) is 23.9. The maximum absolute atomic E-state index is 12.1. The lowest BCUT2D eigenvalue weighted by Crippen LogP contribution is -2.18. The fourth-order valence-corrected chi connectivity index (χ4v) is 3.03. The van der Waals surface area contributed by atoms with E-state index < -0.39 is 0 Å². The van der Waals surface area contributed by atoms with E-state index >= 15 is 0 Å². The fourth-order valence-electron chi connectivity index (χ4n) is 1.93. The monoisotopic (exact) mass is 376 g/mol. The van der Waals surface area contributed by atoms with Crippen LogP contribution in [0.4, 0.5) is 0 Å². The molecule has 0 spiro atoms. The summed E-state index contributed by atoms with van der Waals surface area (Å²) < 4.78 is 0.864. The van der Waals surface area contributed by atoms with Gasteiger partial charge in [0.15, 0.2) is 11.6 Å². The lowest BCUT2D eigenvalue weighted by molar-refractivity contribution is -0.115. The zero-order valence-corrected chi connectivity index (χ0v) is 14.0. The average Bonchev–Trinajstić information content (AvgIpc) is 2.37. The van der Waals surface area contributed by atoms with Crippen LogP contribution in [0.3, 0.4) is 0 Å². The molecule has 2 nitrogen and oxygen atoms in total. The molecule has 0 fully saturated rings. The van der Waals surface area contributed by atoms with Gasteiger partial charge in [-0.3, -0.25) is 9.59 Å². The Morgan fingerprint density at radius 3 is 2.11 bits per heavy atom.